The zero-order valence-corrected chi connectivity index (χ0v) is 14.5. The van der Waals surface area contributed by atoms with Crippen molar-refractivity contribution in [1.82, 2.24) is 15.2 Å². The molecule has 1 aromatic carbocycles. The molecule has 126 valence electrons. The van der Waals surface area contributed by atoms with Gasteiger partial charge < -0.3 is 4.90 Å². The molecule has 1 amide bonds. The van der Waals surface area contributed by atoms with E-state index < -0.39 is 0 Å². The predicted molar refractivity (Wildman–Crippen MR) is 94.8 cm³/mol. The number of carbonyl (C=O) groups excluding carboxylic acids is 1. The largest absolute Gasteiger partial charge is 0.301 e. The van der Waals surface area contributed by atoms with Gasteiger partial charge in [-0.15, -0.1) is 0 Å². The number of piperazine rings is 1. The highest BCUT2D eigenvalue weighted by Gasteiger charge is 2.17. The van der Waals surface area contributed by atoms with E-state index >= 15 is 0 Å². The van der Waals surface area contributed by atoms with Crippen LogP contribution in [0, 0.1) is 0 Å². The minimum Gasteiger partial charge on any atom is -0.301 e. The summed E-state index contributed by atoms with van der Waals surface area (Å²) in [6.07, 6.45) is 1.69. The van der Waals surface area contributed by atoms with Gasteiger partial charge in [-0.05, 0) is 23.6 Å². The van der Waals surface area contributed by atoms with Crippen molar-refractivity contribution in [3.05, 3.63) is 35.4 Å². The first-order chi connectivity index (χ1) is 11.1. The quantitative estimate of drug-likeness (QED) is 0.644. The molecule has 0 radical (unpaired) electrons. The Morgan fingerprint density at radius 2 is 1.78 bits per heavy atom. The van der Waals surface area contributed by atoms with E-state index in [-0.39, 0.29) is 5.91 Å². The first-order valence-corrected chi connectivity index (χ1v) is 8.45. The number of carbonyl (C=O) groups is 1. The summed E-state index contributed by atoms with van der Waals surface area (Å²) in [5, 5.41) is 4.05. The van der Waals surface area contributed by atoms with Gasteiger partial charge in [-0.3, -0.25) is 9.69 Å². The molecule has 0 bridgehead atoms. The molecule has 5 nitrogen and oxygen atoms in total. The summed E-state index contributed by atoms with van der Waals surface area (Å²) in [5.41, 5.74) is 4.91. The van der Waals surface area contributed by atoms with Gasteiger partial charge in [-0.2, -0.15) is 5.10 Å². The molecule has 0 aliphatic carbocycles. The lowest BCUT2D eigenvalue weighted by atomic mass is 10.0. The highest BCUT2D eigenvalue weighted by atomic mass is 16.2. The number of nitrogens with zero attached hydrogens (tertiary/aromatic N) is 3. The van der Waals surface area contributed by atoms with Crippen LogP contribution in [0.1, 0.15) is 37.8 Å². The standard InChI is InChI=1S/C18H28N4O/c1-4-21-9-11-22(12-10-21)14-18(23)20-19-13-16-5-7-17(8-6-16)15(2)3/h5-8,13,15H,4,9-12,14H2,1-3H3,(H,20,23)/b19-13+. The third-order valence-corrected chi connectivity index (χ3v) is 4.29. The summed E-state index contributed by atoms with van der Waals surface area (Å²) in [6, 6.07) is 8.24. The second-order valence-electron chi connectivity index (χ2n) is 6.32. The summed E-state index contributed by atoms with van der Waals surface area (Å²) in [5.74, 6) is 0.471. The fourth-order valence-corrected chi connectivity index (χ4v) is 2.65. The van der Waals surface area contributed by atoms with Crippen molar-refractivity contribution < 1.29 is 4.79 Å². The SMILES string of the molecule is CCN1CCN(CC(=O)N/N=C/c2ccc(C(C)C)cc2)CC1. The average molecular weight is 316 g/mol. The first kappa shape index (κ1) is 17.6. The summed E-state index contributed by atoms with van der Waals surface area (Å²) < 4.78 is 0. The van der Waals surface area contributed by atoms with Crippen LogP contribution in [-0.4, -0.2) is 61.2 Å². The third kappa shape index (κ3) is 5.77. The molecule has 1 heterocycles. The minimum absolute atomic E-state index is 0.0509. The monoisotopic (exact) mass is 316 g/mol. The number of benzene rings is 1. The predicted octanol–water partition coefficient (Wildman–Crippen LogP) is 1.90. The lowest BCUT2D eigenvalue weighted by Gasteiger charge is -2.33. The van der Waals surface area contributed by atoms with Gasteiger partial charge in [0.2, 0.25) is 0 Å². The normalized spacial score (nSPS) is 17.0. The molecule has 5 heteroatoms. The summed E-state index contributed by atoms with van der Waals surface area (Å²) in [7, 11) is 0. The highest BCUT2D eigenvalue weighted by molar-refractivity contribution is 5.83. The Labute approximate surface area is 139 Å². The van der Waals surface area contributed by atoms with E-state index in [2.05, 4.69) is 53.2 Å². The van der Waals surface area contributed by atoms with Gasteiger partial charge in [-0.25, -0.2) is 5.43 Å². The van der Waals surface area contributed by atoms with E-state index in [4.69, 9.17) is 0 Å². The van der Waals surface area contributed by atoms with Gasteiger partial charge in [0.1, 0.15) is 0 Å². The van der Waals surface area contributed by atoms with E-state index in [0.717, 1.165) is 38.3 Å². The van der Waals surface area contributed by atoms with Gasteiger partial charge in [0.15, 0.2) is 0 Å². The van der Waals surface area contributed by atoms with Crippen molar-refractivity contribution in [3.8, 4) is 0 Å². The van der Waals surface area contributed by atoms with E-state index in [9.17, 15) is 4.79 Å². The molecule has 1 aliphatic heterocycles. The van der Waals surface area contributed by atoms with Gasteiger partial charge in [0, 0.05) is 26.2 Å². The molecule has 1 aromatic rings. The lowest BCUT2D eigenvalue weighted by molar-refractivity contribution is -0.122. The maximum Gasteiger partial charge on any atom is 0.254 e. The van der Waals surface area contributed by atoms with Crippen LogP contribution >= 0.6 is 0 Å². The molecule has 0 atom stereocenters. The topological polar surface area (TPSA) is 47.9 Å². The number of hydrogen-bond acceptors (Lipinski definition) is 4. The van der Waals surface area contributed by atoms with Gasteiger partial charge in [0.05, 0.1) is 12.8 Å². The van der Waals surface area contributed by atoms with Gasteiger partial charge >= 0.3 is 0 Å². The summed E-state index contributed by atoms with van der Waals surface area (Å²) >= 11 is 0. The average Bonchev–Trinajstić information content (AvgIpc) is 2.56. The van der Waals surface area contributed by atoms with Crippen LogP contribution in [0.15, 0.2) is 29.4 Å². The van der Waals surface area contributed by atoms with E-state index in [1.807, 2.05) is 12.1 Å². The molecule has 1 saturated heterocycles. The fourth-order valence-electron chi connectivity index (χ4n) is 2.65. The number of rotatable bonds is 6. The van der Waals surface area contributed by atoms with Crippen LogP contribution in [0.5, 0.6) is 0 Å². The molecule has 1 N–H and O–H groups in total. The summed E-state index contributed by atoms with van der Waals surface area (Å²) in [6.45, 7) is 12.0. The van der Waals surface area contributed by atoms with Crippen molar-refractivity contribution in [3.63, 3.8) is 0 Å². The maximum atomic E-state index is 11.9. The number of hydrazone groups is 1. The smallest absolute Gasteiger partial charge is 0.254 e. The Balaban J connectivity index is 1.73. The Morgan fingerprint density at radius 1 is 1.17 bits per heavy atom. The molecule has 0 spiro atoms. The van der Waals surface area contributed by atoms with Gasteiger partial charge in [0.25, 0.3) is 5.91 Å². The molecule has 2 rings (SSSR count). The zero-order valence-electron chi connectivity index (χ0n) is 14.5. The molecule has 0 saturated carbocycles. The molecule has 0 unspecified atom stereocenters. The molecule has 1 aliphatic rings. The second kappa shape index (κ2) is 8.79. The zero-order chi connectivity index (χ0) is 16.7. The van der Waals surface area contributed by atoms with Crippen molar-refractivity contribution in [1.29, 1.82) is 0 Å². The van der Waals surface area contributed by atoms with Crippen LogP contribution in [0.4, 0.5) is 0 Å². The van der Waals surface area contributed by atoms with Crippen molar-refractivity contribution >= 4 is 12.1 Å². The summed E-state index contributed by atoms with van der Waals surface area (Å²) in [4.78, 5) is 16.5. The molecular formula is C18H28N4O. The second-order valence-corrected chi connectivity index (χ2v) is 6.32. The van der Waals surface area contributed by atoms with Crippen LogP contribution < -0.4 is 5.43 Å². The Hall–Kier alpha value is -1.72. The highest BCUT2D eigenvalue weighted by Crippen LogP contribution is 2.13. The van der Waals surface area contributed by atoms with E-state index in [1.54, 1.807) is 6.21 Å². The minimum atomic E-state index is -0.0509. The first-order valence-electron chi connectivity index (χ1n) is 8.45. The van der Waals surface area contributed by atoms with Crippen molar-refractivity contribution in [2.24, 2.45) is 5.10 Å². The van der Waals surface area contributed by atoms with Crippen LogP contribution in [0.2, 0.25) is 0 Å². The Morgan fingerprint density at radius 3 is 2.35 bits per heavy atom. The van der Waals surface area contributed by atoms with Crippen LogP contribution in [-0.2, 0) is 4.79 Å². The van der Waals surface area contributed by atoms with E-state index in [0.29, 0.717) is 12.5 Å². The third-order valence-electron chi connectivity index (χ3n) is 4.29. The Bertz CT molecular complexity index is 516. The number of likely N-dealkylation sites (N-methyl/N-ethyl adjacent to an activating group) is 1. The Kier molecular flexibility index (Phi) is 6.74. The molecular weight excluding hydrogens is 288 g/mol. The fraction of sp³-hybridized carbons (Fsp3) is 0.556. The molecule has 0 aromatic heterocycles. The van der Waals surface area contributed by atoms with E-state index in [1.165, 1.54) is 5.56 Å². The van der Waals surface area contributed by atoms with Crippen molar-refractivity contribution in [2.75, 3.05) is 39.3 Å². The number of nitrogens with one attached hydrogen (secondary N) is 1. The van der Waals surface area contributed by atoms with Crippen LogP contribution in [0.25, 0.3) is 0 Å². The molecule has 23 heavy (non-hydrogen) atoms. The van der Waals surface area contributed by atoms with Crippen molar-refractivity contribution in [2.45, 2.75) is 26.7 Å². The number of hydrogen-bond donors (Lipinski definition) is 1. The van der Waals surface area contributed by atoms with Crippen LogP contribution in [0.3, 0.4) is 0 Å². The lowest BCUT2D eigenvalue weighted by Crippen LogP contribution is -2.48. The maximum absolute atomic E-state index is 11.9. The number of amides is 1. The molecule has 1 fully saturated rings. The van der Waals surface area contributed by atoms with Gasteiger partial charge in [-0.1, -0.05) is 45.0 Å².